The number of hydrogen-bond donors (Lipinski definition) is 1. The summed E-state index contributed by atoms with van der Waals surface area (Å²) in [7, 11) is -6.93. The van der Waals surface area contributed by atoms with Gasteiger partial charge in [0.2, 0.25) is 0 Å². The molecule has 1 N–H and O–H groups in total. The van der Waals surface area contributed by atoms with Crippen LogP contribution < -0.4 is 15.1 Å². The van der Waals surface area contributed by atoms with Crippen molar-refractivity contribution in [2.45, 2.75) is 135 Å². The Morgan fingerprint density at radius 2 is 1.23 bits per heavy atom. The largest absolute Gasteiger partial charge is 0.497 e. The van der Waals surface area contributed by atoms with Gasteiger partial charge in [-0.15, -0.1) is 0 Å². The molecule has 0 amide bonds. The fourth-order valence-corrected chi connectivity index (χ4v) is 16.1. The second-order valence-corrected chi connectivity index (χ2v) is 34.6. The monoisotopic (exact) mass is 860 g/mol. The van der Waals surface area contributed by atoms with Gasteiger partial charge in [-0.2, -0.15) is 0 Å². The van der Waals surface area contributed by atoms with Crippen molar-refractivity contribution in [3.63, 3.8) is 0 Å². The zero-order chi connectivity index (χ0) is 42.9. The lowest BCUT2D eigenvalue weighted by Crippen LogP contribution is -2.67. The van der Waals surface area contributed by atoms with Crippen molar-refractivity contribution in [2.24, 2.45) is 0 Å². The van der Waals surface area contributed by atoms with E-state index in [-0.39, 0.29) is 29.3 Å². The van der Waals surface area contributed by atoms with Crippen LogP contribution in [0.2, 0.25) is 42.8 Å². The van der Waals surface area contributed by atoms with E-state index in [1.54, 1.807) is 7.11 Å². The molecule has 0 saturated carbocycles. The Balaban J connectivity index is 2.24. The average molecular weight is 861 g/mol. The third-order valence-corrected chi connectivity index (χ3v) is 23.7. The predicted molar refractivity (Wildman–Crippen MR) is 242 cm³/mol. The summed E-state index contributed by atoms with van der Waals surface area (Å²) < 4.78 is 58.5. The Bertz CT molecular complexity index is 1640. The molecule has 0 spiro atoms. The second kappa shape index (κ2) is 20.1. The minimum absolute atomic E-state index is 0.105. The molecule has 0 aromatic heterocycles. The predicted octanol–water partition coefficient (Wildman–Crippen LogP) is 9.78. The van der Waals surface area contributed by atoms with Crippen LogP contribution in [0.4, 0.5) is 0 Å². The van der Waals surface area contributed by atoms with Crippen molar-refractivity contribution in [1.82, 2.24) is 0 Å². The summed E-state index contributed by atoms with van der Waals surface area (Å²) in [4.78, 5) is 0. The molecule has 0 heterocycles. The first-order valence-corrected chi connectivity index (χ1v) is 30.1. The molecule has 9 nitrogen and oxygen atoms in total. The van der Waals surface area contributed by atoms with Crippen molar-refractivity contribution < 1.29 is 41.5 Å². The molecule has 57 heavy (non-hydrogen) atoms. The standard InChI is InChI=1S/C44H73O9PSi3/c1-42(2,3)56(14,15)52-40(30-31-51-57(43(4,5)6,38-22-18-16-19-23-38)39-24-20-17-21-25-39)41(50-33-35-26-28-37(47-8)29-27-35)44(7,53-55(11,12)13)32-36(45)34-54(46,48-9)49-10/h16-29,36,40-41,45H,30-34H2,1-15H3/t36?,40-,41-,44+/m0/s1. The fourth-order valence-electron chi connectivity index (χ4n) is 7.43. The van der Waals surface area contributed by atoms with Gasteiger partial charge in [-0.3, -0.25) is 4.57 Å². The molecular weight excluding hydrogens is 788 g/mol. The van der Waals surface area contributed by atoms with Crippen LogP contribution in [0.1, 0.15) is 66.9 Å². The van der Waals surface area contributed by atoms with E-state index in [9.17, 15) is 9.67 Å². The smallest absolute Gasteiger partial charge is 0.332 e. The molecule has 13 heteroatoms. The zero-order valence-corrected chi connectivity index (χ0v) is 41.4. The van der Waals surface area contributed by atoms with Crippen molar-refractivity contribution in [1.29, 1.82) is 0 Å². The molecule has 3 aromatic rings. The van der Waals surface area contributed by atoms with Crippen molar-refractivity contribution in [3.8, 4) is 5.75 Å². The van der Waals surface area contributed by atoms with Crippen LogP contribution in [0.5, 0.6) is 5.75 Å². The summed E-state index contributed by atoms with van der Waals surface area (Å²) in [5.41, 5.74) is -0.137. The molecule has 0 aliphatic heterocycles. The van der Waals surface area contributed by atoms with Gasteiger partial charge in [0.1, 0.15) is 11.9 Å². The van der Waals surface area contributed by atoms with E-state index < -0.39 is 56.5 Å². The van der Waals surface area contributed by atoms with Crippen LogP contribution in [0.15, 0.2) is 84.9 Å². The van der Waals surface area contributed by atoms with E-state index in [1.165, 1.54) is 24.6 Å². The van der Waals surface area contributed by atoms with Crippen molar-refractivity contribution >= 4 is 42.9 Å². The van der Waals surface area contributed by atoms with Gasteiger partial charge in [0.25, 0.3) is 8.32 Å². The van der Waals surface area contributed by atoms with Crippen LogP contribution >= 0.6 is 7.60 Å². The fraction of sp³-hybridized carbons (Fsp3) is 0.591. The summed E-state index contributed by atoms with van der Waals surface area (Å²) in [5.74, 6) is 0.755. The molecule has 1 unspecified atom stereocenters. The van der Waals surface area contributed by atoms with Gasteiger partial charge in [-0.1, -0.05) is 114 Å². The molecule has 320 valence electrons. The first kappa shape index (κ1) is 49.4. The number of methoxy groups -OCH3 is 1. The quantitative estimate of drug-likeness (QED) is 0.0782. The van der Waals surface area contributed by atoms with E-state index in [4.69, 9.17) is 31.8 Å². The Morgan fingerprint density at radius 3 is 1.65 bits per heavy atom. The minimum atomic E-state index is -3.55. The topological polar surface area (TPSA) is 102 Å². The van der Waals surface area contributed by atoms with Gasteiger partial charge in [0.15, 0.2) is 16.6 Å². The van der Waals surface area contributed by atoms with Crippen LogP contribution in [0.25, 0.3) is 0 Å². The summed E-state index contributed by atoms with van der Waals surface area (Å²) in [6.45, 7) is 27.1. The van der Waals surface area contributed by atoms with Crippen LogP contribution in [-0.4, -0.2) is 88.1 Å². The molecule has 0 bridgehead atoms. The highest BCUT2D eigenvalue weighted by Gasteiger charge is 2.52. The molecule has 0 aliphatic rings. The lowest BCUT2D eigenvalue weighted by Gasteiger charge is -2.49. The molecule has 0 saturated heterocycles. The lowest BCUT2D eigenvalue weighted by molar-refractivity contribution is -0.154. The molecule has 3 rings (SSSR count). The van der Waals surface area contributed by atoms with Gasteiger partial charge >= 0.3 is 7.60 Å². The van der Waals surface area contributed by atoms with Crippen LogP contribution in [0.3, 0.4) is 0 Å². The van der Waals surface area contributed by atoms with Crippen molar-refractivity contribution in [2.75, 3.05) is 34.1 Å². The molecule has 0 aliphatic carbocycles. The lowest BCUT2D eigenvalue weighted by atomic mass is 9.88. The van der Waals surface area contributed by atoms with Gasteiger partial charge in [0, 0.05) is 27.2 Å². The number of aliphatic hydroxyl groups is 1. The highest BCUT2D eigenvalue weighted by molar-refractivity contribution is 7.53. The highest BCUT2D eigenvalue weighted by Crippen LogP contribution is 2.48. The van der Waals surface area contributed by atoms with Crippen LogP contribution in [-0.2, 0) is 38.2 Å². The van der Waals surface area contributed by atoms with E-state index in [0.29, 0.717) is 13.0 Å². The molecule has 4 atom stereocenters. The summed E-state index contributed by atoms with van der Waals surface area (Å²) in [5, 5.41) is 13.8. The normalized spacial score (nSPS) is 16.1. The number of rotatable bonds is 22. The van der Waals surface area contributed by atoms with Gasteiger partial charge < -0.3 is 36.9 Å². The maximum atomic E-state index is 13.3. The van der Waals surface area contributed by atoms with E-state index in [0.717, 1.165) is 11.3 Å². The Hall–Kier alpha value is -1.94. The van der Waals surface area contributed by atoms with Gasteiger partial charge in [-0.25, -0.2) is 0 Å². The first-order chi connectivity index (χ1) is 26.4. The molecule has 0 fully saturated rings. The maximum absolute atomic E-state index is 13.3. The molecule has 3 aromatic carbocycles. The number of benzene rings is 3. The number of aliphatic hydroxyl groups excluding tert-OH is 1. The Kier molecular flexibility index (Phi) is 17.4. The van der Waals surface area contributed by atoms with E-state index in [1.807, 2.05) is 31.2 Å². The zero-order valence-electron chi connectivity index (χ0n) is 37.5. The Labute approximate surface area is 348 Å². The highest BCUT2D eigenvalue weighted by atomic mass is 31.2. The maximum Gasteiger partial charge on any atom is 0.332 e. The van der Waals surface area contributed by atoms with E-state index >= 15 is 0 Å². The summed E-state index contributed by atoms with van der Waals surface area (Å²) in [6, 6.07) is 29.1. The first-order valence-electron chi connectivity index (χ1n) is 20.1. The van der Waals surface area contributed by atoms with Gasteiger partial charge in [0.05, 0.1) is 37.7 Å². The van der Waals surface area contributed by atoms with Crippen LogP contribution in [0, 0.1) is 0 Å². The van der Waals surface area contributed by atoms with Gasteiger partial charge in [-0.05, 0) is 84.2 Å². The summed E-state index contributed by atoms with van der Waals surface area (Å²) >= 11 is 0. The minimum Gasteiger partial charge on any atom is -0.497 e. The summed E-state index contributed by atoms with van der Waals surface area (Å²) in [6.07, 6.45) is -1.87. The van der Waals surface area contributed by atoms with E-state index in [2.05, 4.69) is 135 Å². The average Bonchev–Trinajstić information content (AvgIpc) is 3.12. The number of ether oxygens (including phenoxy) is 2. The SMILES string of the molecule is COc1ccc(CO[C@@H]([C@H](CCO[Si](c2ccccc2)(c2ccccc2)C(C)(C)C)O[Si](C)(C)C(C)(C)C)[C@@](C)(CC(O)CP(=O)(OC)OC)O[Si](C)(C)C)cc1. The number of hydrogen-bond acceptors (Lipinski definition) is 9. The third-order valence-electron chi connectivity index (χ3n) is 11.1. The third kappa shape index (κ3) is 13.3. The molecular formula is C44H73O9PSi3. The van der Waals surface area contributed by atoms with Crippen molar-refractivity contribution in [3.05, 3.63) is 90.5 Å². The second-order valence-electron chi connectivity index (χ2n) is 18.8. The molecule has 0 radical (unpaired) electrons. The Morgan fingerprint density at radius 1 is 0.719 bits per heavy atom.